The maximum atomic E-state index is 10.2. The molecule has 3 heteroatoms. The molecule has 60 valence electrons. The van der Waals surface area contributed by atoms with E-state index in [1.165, 1.54) is 0 Å². The second kappa shape index (κ2) is 3.91. The molecule has 0 fully saturated rings. The molecule has 11 heavy (non-hydrogen) atoms. The highest BCUT2D eigenvalue weighted by Crippen LogP contribution is 1.99. The summed E-state index contributed by atoms with van der Waals surface area (Å²) in [6.07, 6.45) is 5.48. The lowest BCUT2D eigenvalue weighted by atomic mass is 10.1. The summed E-state index contributed by atoms with van der Waals surface area (Å²) >= 11 is 0. The lowest BCUT2D eigenvalue weighted by Crippen LogP contribution is -2.04. The Kier molecular flexibility index (Phi) is 2.83. The van der Waals surface area contributed by atoms with Crippen LogP contribution in [0.3, 0.4) is 0 Å². The minimum atomic E-state index is 0.138. The average molecular weight is 152 g/mol. The summed E-state index contributed by atoms with van der Waals surface area (Å²) < 4.78 is 1.83. The number of carbonyl (C=O) groups excluding carboxylic acids is 1. The molecule has 0 amide bonds. The lowest BCUT2D eigenvalue weighted by molar-refractivity contribution is -0.110. The molecule has 0 bridgehead atoms. The van der Waals surface area contributed by atoms with E-state index >= 15 is 0 Å². The van der Waals surface area contributed by atoms with Crippen LogP contribution in [0.15, 0.2) is 18.5 Å². The standard InChI is InChI=1S/C8H12N2O/c1-8(7-11)3-6-10-5-2-4-9-10/h2,4-5,7-8H,3,6H2,1H3. The fourth-order valence-electron chi connectivity index (χ4n) is 0.837. The molecule has 0 saturated heterocycles. The molecule has 0 aliphatic carbocycles. The third kappa shape index (κ3) is 2.53. The van der Waals surface area contributed by atoms with Gasteiger partial charge in [0, 0.05) is 24.9 Å². The number of hydrogen-bond acceptors (Lipinski definition) is 2. The van der Waals surface area contributed by atoms with Crippen LogP contribution in [0, 0.1) is 5.92 Å². The molecule has 0 N–H and O–H groups in total. The molecule has 1 heterocycles. The third-order valence-corrected chi connectivity index (χ3v) is 1.61. The topological polar surface area (TPSA) is 34.9 Å². The Morgan fingerprint density at radius 3 is 3.09 bits per heavy atom. The van der Waals surface area contributed by atoms with Crippen LogP contribution >= 0.6 is 0 Å². The largest absolute Gasteiger partial charge is 0.303 e. The van der Waals surface area contributed by atoms with E-state index in [1.54, 1.807) is 6.20 Å². The summed E-state index contributed by atoms with van der Waals surface area (Å²) in [4.78, 5) is 10.2. The van der Waals surface area contributed by atoms with Crippen molar-refractivity contribution in [3.8, 4) is 0 Å². The number of nitrogens with zero attached hydrogens (tertiary/aromatic N) is 2. The molecule has 0 aliphatic heterocycles. The van der Waals surface area contributed by atoms with Crippen LogP contribution in [0.2, 0.25) is 0 Å². The highest BCUT2D eigenvalue weighted by atomic mass is 16.1. The molecule has 0 saturated carbocycles. The van der Waals surface area contributed by atoms with E-state index in [4.69, 9.17) is 0 Å². The third-order valence-electron chi connectivity index (χ3n) is 1.61. The van der Waals surface area contributed by atoms with Crippen molar-refractivity contribution >= 4 is 6.29 Å². The van der Waals surface area contributed by atoms with Crippen molar-refractivity contribution in [3.05, 3.63) is 18.5 Å². The van der Waals surface area contributed by atoms with E-state index in [1.807, 2.05) is 23.9 Å². The van der Waals surface area contributed by atoms with Crippen molar-refractivity contribution in [2.45, 2.75) is 19.9 Å². The average Bonchev–Trinajstić information content (AvgIpc) is 2.52. The zero-order valence-electron chi connectivity index (χ0n) is 6.60. The smallest absolute Gasteiger partial charge is 0.122 e. The quantitative estimate of drug-likeness (QED) is 0.606. The van der Waals surface area contributed by atoms with Crippen LogP contribution < -0.4 is 0 Å². The predicted molar refractivity (Wildman–Crippen MR) is 42.1 cm³/mol. The van der Waals surface area contributed by atoms with Crippen molar-refractivity contribution in [2.24, 2.45) is 5.92 Å². The number of aryl methyl sites for hydroxylation is 1. The van der Waals surface area contributed by atoms with E-state index in [2.05, 4.69) is 5.10 Å². The number of rotatable bonds is 4. The van der Waals surface area contributed by atoms with Crippen molar-refractivity contribution in [1.29, 1.82) is 0 Å². The van der Waals surface area contributed by atoms with E-state index < -0.39 is 0 Å². The van der Waals surface area contributed by atoms with Gasteiger partial charge in [-0.2, -0.15) is 5.10 Å². The summed E-state index contributed by atoms with van der Waals surface area (Å²) in [7, 11) is 0. The van der Waals surface area contributed by atoms with E-state index in [9.17, 15) is 4.79 Å². The Bertz CT molecular complexity index is 206. The monoisotopic (exact) mass is 152 g/mol. The zero-order valence-corrected chi connectivity index (χ0v) is 6.60. The highest BCUT2D eigenvalue weighted by Gasteiger charge is 1.98. The summed E-state index contributed by atoms with van der Waals surface area (Å²) in [5.41, 5.74) is 0. The van der Waals surface area contributed by atoms with Gasteiger partial charge in [-0.3, -0.25) is 4.68 Å². The Morgan fingerprint density at radius 1 is 1.73 bits per heavy atom. The van der Waals surface area contributed by atoms with Crippen LogP contribution in [0.4, 0.5) is 0 Å². The van der Waals surface area contributed by atoms with E-state index in [0.29, 0.717) is 0 Å². The van der Waals surface area contributed by atoms with Gasteiger partial charge >= 0.3 is 0 Å². The lowest BCUT2D eigenvalue weighted by Gasteiger charge is -2.02. The van der Waals surface area contributed by atoms with Gasteiger partial charge in [0.15, 0.2) is 0 Å². The van der Waals surface area contributed by atoms with Crippen molar-refractivity contribution < 1.29 is 4.79 Å². The Labute approximate surface area is 66.0 Å². The fourth-order valence-corrected chi connectivity index (χ4v) is 0.837. The number of aromatic nitrogens is 2. The van der Waals surface area contributed by atoms with Crippen molar-refractivity contribution in [2.75, 3.05) is 0 Å². The van der Waals surface area contributed by atoms with E-state index in [-0.39, 0.29) is 5.92 Å². The van der Waals surface area contributed by atoms with Crippen molar-refractivity contribution in [1.82, 2.24) is 9.78 Å². The maximum absolute atomic E-state index is 10.2. The first-order chi connectivity index (χ1) is 5.33. The van der Waals surface area contributed by atoms with Gasteiger partial charge in [-0.05, 0) is 12.5 Å². The molecular formula is C8H12N2O. The van der Waals surface area contributed by atoms with Crippen LogP contribution in [0.5, 0.6) is 0 Å². The summed E-state index contributed by atoms with van der Waals surface area (Å²) in [5, 5.41) is 4.02. The maximum Gasteiger partial charge on any atom is 0.122 e. The minimum Gasteiger partial charge on any atom is -0.303 e. The molecule has 1 atom stereocenters. The zero-order chi connectivity index (χ0) is 8.10. The van der Waals surface area contributed by atoms with Gasteiger partial charge in [0.25, 0.3) is 0 Å². The molecule has 1 unspecified atom stereocenters. The first-order valence-electron chi connectivity index (χ1n) is 3.75. The van der Waals surface area contributed by atoms with Crippen LogP contribution in [-0.2, 0) is 11.3 Å². The Morgan fingerprint density at radius 2 is 2.55 bits per heavy atom. The van der Waals surface area contributed by atoms with Gasteiger partial charge in [0.05, 0.1) is 0 Å². The molecule has 3 nitrogen and oxygen atoms in total. The van der Waals surface area contributed by atoms with Gasteiger partial charge < -0.3 is 4.79 Å². The summed E-state index contributed by atoms with van der Waals surface area (Å²) in [6.45, 7) is 2.74. The molecule has 1 rings (SSSR count). The van der Waals surface area contributed by atoms with Gasteiger partial charge in [0.1, 0.15) is 6.29 Å². The van der Waals surface area contributed by atoms with Gasteiger partial charge in [-0.15, -0.1) is 0 Å². The van der Waals surface area contributed by atoms with Crippen LogP contribution in [-0.4, -0.2) is 16.1 Å². The summed E-state index contributed by atoms with van der Waals surface area (Å²) in [6, 6.07) is 1.88. The molecule has 0 radical (unpaired) electrons. The van der Waals surface area contributed by atoms with Crippen LogP contribution in [0.1, 0.15) is 13.3 Å². The molecule has 0 aromatic carbocycles. The minimum absolute atomic E-state index is 0.138. The second-order valence-electron chi connectivity index (χ2n) is 2.67. The number of carbonyl (C=O) groups is 1. The first kappa shape index (κ1) is 7.98. The Hall–Kier alpha value is -1.12. The first-order valence-corrected chi connectivity index (χ1v) is 3.75. The van der Waals surface area contributed by atoms with Crippen molar-refractivity contribution in [3.63, 3.8) is 0 Å². The van der Waals surface area contributed by atoms with Gasteiger partial charge in [-0.25, -0.2) is 0 Å². The second-order valence-corrected chi connectivity index (χ2v) is 2.67. The highest BCUT2D eigenvalue weighted by molar-refractivity contribution is 5.52. The molecule has 0 aliphatic rings. The molecule has 0 spiro atoms. The summed E-state index contributed by atoms with van der Waals surface area (Å²) in [5.74, 6) is 0.138. The Balaban J connectivity index is 2.28. The van der Waals surface area contributed by atoms with Gasteiger partial charge in [0.2, 0.25) is 0 Å². The number of hydrogen-bond donors (Lipinski definition) is 0. The molecule has 1 aromatic rings. The predicted octanol–water partition coefficient (Wildman–Crippen LogP) is 1.11. The molecular weight excluding hydrogens is 140 g/mol. The number of aldehydes is 1. The fraction of sp³-hybridized carbons (Fsp3) is 0.500. The van der Waals surface area contributed by atoms with E-state index in [0.717, 1.165) is 19.3 Å². The van der Waals surface area contributed by atoms with Gasteiger partial charge in [-0.1, -0.05) is 6.92 Å². The SMILES string of the molecule is CC(C=O)CCn1cccn1. The van der Waals surface area contributed by atoms with Crippen LogP contribution in [0.25, 0.3) is 0 Å². The molecule has 1 aromatic heterocycles. The normalized spacial score (nSPS) is 12.8.